The lowest BCUT2D eigenvalue weighted by Gasteiger charge is -2.28. The number of aromatic nitrogens is 3. The fraction of sp³-hybridized carbons (Fsp3) is 0.333. The molecule has 0 aromatic carbocycles. The molecule has 3 heterocycles. The molecule has 1 aliphatic heterocycles. The maximum atomic E-state index is 11.5. The molecule has 2 aromatic rings. The summed E-state index contributed by atoms with van der Waals surface area (Å²) in [5.41, 5.74) is 2.20. The van der Waals surface area contributed by atoms with E-state index < -0.39 is 5.97 Å². The van der Waals surface area contributed by atoms with Crippen LogP contribution in [0.15, 0.2) is 24.7 Å². The molecule has 22 heavy (non-hydrogen) atoms. The van der Waals surface area contributed by atoms with Crippen molar-refractivity contribution in [1.29, 1.82) is 0 Å². The second kappa shape index (κ2) is 6.07. The zero-order valence-corrected chi connectivity index (χ0v) is 12.2. The fourth-order valence-corrected chi connectivity index (χ4v) is 2.37. The number of carboxylic acids is 1. The lowest BCUT2D eigenvalue weighted by molar-refractivity contribution is 0.0689. The second-order valence-electron chi connectivity index (χ2n) is 5.08. The Labute approximate surface area is 127 Å². The highest BCUT2D eigenvalue weighted by atomic mass is 16.5. The molecule has 114 valence electrons. The minimum absolute atomic E-state index is 0.0408. The SMILES string of the molecule is Cc1cncc(-c2cnc(N3CCOCC3)c(C(=O)O)n2)c1. The first-order chi connectivity index (χ1) is 10.6. The van der Waals surface area contributed by atoms with Crippen LogP contribution < -0.4 is 4.90 Å². The van der Waals surface area contributed by atoms with Crippen molar-refractivity contribution in [3.63, 3.8) is 0 Å². The lowest BCUT2D eigenvalue weighted by Crippen LogP contribution is -2.38. The smallest absolute Gasteiger partial charge is 0.358 e. The van der Waals surface area contributed by atoms with Gasteiger partial charge in [0.15, 0.2) is 11.5 Å². The number of ether oxygens (including phenoxy) is 1. The number of hydrogen-bond acceptors (Lipinski definition) is 6. The third-order valence-corrected chi connectivity index (χ3v) is 3.44. The van der Waals surface area contributed by atoms with E-state index in [0.29, 0.717) is 37.8 Å². The first-order valence-electron chi connectivity index (χ1n) is 7.00. The van der Waals surface area contributed by atoms with Crippen molar-refractivity contribution in [2.75, 3.05) is 31.2 Å². The minimum Gasteiger partial charge on any atom is -0.476 e. The molecule has 7 nitrogen and oxygen atoms in total. The monoisotopic (exact) mass is 300 g/mol. The van der Waals surface area contributed by atoms with E-state index in [1.807, 2.05) is 17.9 Å². The molecular formula is C15H16N4O3. The summed E-state index contributed by atoms with van der Waals surface area (Å²) in [5.74, 6) is -0.698. The highest BCUT2D eigenvalue weighted by Gasteiger charge is 2.22. The quantitative estimate of drug-likeness (QED) is 0.916. The molecule has 1 N–H and O–H groups in total. The van der Waals surface area contributed by atoms with Crippen molar-refractivity contribution < 1.29 is 14.6 Å². The van der Waals surface area contributed by atoms with Crippen molar-refractivity contribution in [2.45, 2.75) is 6.92 Å². The zero-order chi connectivity index (χ0) is 15.5. The Bertz CT molecular complexity index is 699. The Morgan fingerprint density at radius 3 is 2.73 bits per heavy atom. The average molecular weight is 300 g/mol. The van der Waals surface area contributed by atoms with E-state index in [1.165, 1.54) is 0 Å². The first kappa shape index (κ1) is 14.4. The highest BCUT2D eigenvalue weighted by molar-refractivity contribution is 5.91. The van der Waals surface area contributed by atoms with Crippen LogP contribution in [0.2, 0.25) is 0 Å². The van der Waals surface area contributed by atoms with Crippen LogP contribution in [0, 0.1) is 6.92 Å². The van der Waals surface area contributed by atoms with Crippen LogP contribution in [0.3, 0.4) is 0 Å². The first-order valence-corrected chi connectivity index (χ1v) is 7.00. The summed E-state index contributed by atoms with van der Waals surface area (Å²) in [5, 5.41) is 9.45. The molecular weight excluding hydrogens is 284 g/mol. The van der Waals surface area contributed by atoms with Gasteiger partial charge in [-0.3, -0.25) is 4.98 Å². The number of carboxylic acid groups (broad SMARTS) is 1. The van der Waals surface area contributed by atoms with Crippen LogP contribution in [-0.4, -0.2) is 52.3 Å². The van der Waals surface area contributed by atoms with E-state index in [9.17, 15) is 9.90 Å². The van der Waals surface area contributed by atoms with E-state index in [0.717, 1.165) is 11.1 Å². The molecule has 7 heteroatoms. The fourth-order valence-electron chi connectivity index (χ4n) is 2.37. The molecule has 0 saturated carbocycles. The molecule has 0 bridgehead atoms. The van der Waals surface area contributed by atoms with Gasteiger partial charge >= 0.3 is 5.97 Å². The molecule has 1 aliphatic rings. The predicted octanol–water partition coefficient (Wildman–Crippen LogP) is 1.38. The van der Waals surface area contributed by atoms with E-state index >= 15 is 0 Å². The van der Waals surface area contributed by atoms with Gasteiger partial charge in [-0.2, -0.15) is 0 Å². The number of hydrogen-bond donors (Lipinski definition) is 1. The second-order valence-corrected chi connectivity index (χ2v) is 5.08. The molecule has 0 aliphatic carbocycles. The molecule has 0 spiro atoms. The van der Waals surface area contributed by atoms with Gasteiger partial charge in [0.1, 0.15) is 0 Å². The molecule has 0 amide bonds. The predicted molar refractivity (Wildman–Crippen MR) is 80.0 cm³/mol. The minimum atomic E-state index is -1.09. The van der Waals surface area contributed by atoms with Gasteiger partial charge in [-0.25, -0.2) is 14.8 Å². The van der Waals surface area contributed by atoms with E-state index in [1.54, 1.807) is 18.6 Å². The number of morpholine rings is 1. The summed E-state index contributed by atoms with van der Waals surface area (Å²) in [6.07, 6.45) is 4.97. The molecule has 1 fully saturated rings. The summed E-state index contributed by atoms with van der Waals surface area (Å²) >= 11 is 0. The van der Waals surface area contributed by atoms with Gasteiger partial charge in [0, 0.05) is 31.0 Å². The topological polar surface area (TPSA) is 88.4 Å². The van der Waals surface area contributed by atoms with Gasteiger partial charge in [0.25, 0.3) is 0 Å². The van der Waals surface area contributed by atoms with Crippen molar-refractivity contribution >= 4 is 11.8 Å². The van der Waals surface area contributed by atoms with Crippen molar-refractivity contribution in [1.82, 2.24) is 15.0 Å². The van der Waals surface area contributed by atoms with Crippen LogP contribution in [0.4, 0.5) is 5.82 Å². The Morgan fingerprint density at radius 1 is 1.27 bits per heavy atom. The molecule has 1 saturated heterocycles. The molecule has 0 atom stereocenters. The van der Waals surface area contributed by atoms with Gasteiger partial charge in [-0.1, -0.05) is 0 Å². The van der Waals surface area contributed by atoms with E-state index in [4.69, 9.17) is 4.74 Å². The summed E-state index contributed by atoms with van der Waals surface area (Å²) in [4.78, 5) is 26.1. The van der Waals surface area contributed by atoms with Crippen molar-refractivity contribution in [3.05, 3.63) is 35.9 Å². The summed E-state index contributed by atoms with van der Waals surface area (Å²) in [6.45, 7) is 4.26. The largest absolute Gasteiger partial charge is 0.476 e. The van der Waals surface area contributed by atoms with Gasteiger partial charge in [0.05, 0.1) is 25.1 Å². The standard InChI is InChI=1S/C15H16N4O3/c1-10-6-11(8-16-7-10)12-9-17-14(13(18-12)15(20)21)19-2-4-22-5-3-19/h6-9H,2-5H2,1H3,(H,20,21). The molecule has 2 aromatic heterocycles. The normalized spacial score (nSPS) is 14.9. The Hall–Kier alpha value is -2.54. The maximum absolute atomic E-state index is 11.5. The third-order valence-electron chi connectivity index (χ3n) is 3.44. The van der Waals surface area contributed by atoms with E-state index in [2.05, 4.69) is 15.0 Å². The Morgan fingerprint density at radius 2 is 2.05 bits per heavy atom. The lowest BCUT2D eigenvalue weighted by atomic mass is 10.1. The van der Waals surface area contributed by atoms with Gasteiger partial charge in [-0.05, 0) is 18.6 Å². The van der Waals surface area contributed by atoms with Crippen LogP contribution in [0.5, 0.6) is 0 Å². The van der Waals surface area contributed by atoms with Gasteiger partial charge in [-0.15, -0.1) is 0 Å². The van der Waals surface area contributed by atoms with Crippen molar-refractivity contribution in [3.8, 4) is 11.3 Å². The average Bonchev–Trinajstić information content (AvgIpc) is 2.55. The number of pyridine rings is 1. The Balaban J connectivity index is 2.01. The zero-order valence-electron chi connectivity index (χ0n) is 12.2. The van der Waals surface area contributed by atoms with Crippen LogP contribution >= 0.6 is 0 Å². The number of rotatable bonds is 3. The third kappa shape index (κ3) is 2.89. The van der Waals surface area contributed by atoms with Crippen LogP contribution in [0.25, 0.3) is 11.3 Å². The van der Waals surface area contributed by atoms with Gasteiger partial charge in [0.2, 0.25) is 0 Å². The summed E-state index contributed by atoms with van der Waals surface area (Å²) in [6, 6.07) is 1.90. The summed E-state index contributed by atoms with van der Waals surface area (Å²) in [7, 11) is 0. The molecule has 0 radical (unpaired) electrons. The number of aromatic carboxylic acids is 1. The molecule has 0 unspecified atom stereocenters. The number of aryl methyl sites for hydroxylation is 1. The van der Waals surface area contributed by atoms with Gasteiger partial charge < -0.3 is 14.7 Å². The molecule has 3 rings (SSSR count). The number of carbonyl (C=O) groups is 1. The summed E-state index contributed by atoms with van der Waals surface area (Å²) < 4.78 is 5.28. The Kier molecular flexibility index (Phi) is 3.97. The maximum Gasteiger partial charge on any atom is 0.358 e. The number of nitrogens with zero attached hydrogens (tertiary/aromatic N) is 4. The number of anilines is 1. The van der Waals surface area contributed by atoms with Crippen LogP contribution in [-0.2, 0) is 4.74 Å². The van der Waals surface area contributed by atoms with Crippen LogP contribution in [0.1, 0.15) is 16.1 Å². The van der Waals surface area contributed by atoms with Crippen molar-refractivity contribution in [2.24, 2.45) is 0 Å². The van der Waals surface area contributed by atoms with E-state index in [-0.39, 0.29) is 5.69 Å². The highest BCUT2D eigenvalue weighted by Crippen LogP contribution is 2.22.